The van der Waals surface area contributed by atoms with E-state index in [4.69, 9.17) is 13.9 Å². The van der Waals surface area contributed by atoms with Gasteiger partial charge in [0.1, 0.15) is 17.3 Å². The van der Waals surface area contributed by atoms with Crippen molar-refractivity contribution >= 4 is 12.1 Å². The SMILES string of the molecule is COc1ccc(OC)c(/C=N\NC(=O)c2ccc(C)o2)c1. The first-order valence-corrected chi connectivity index (χ1v) is 6.26. The van der Waals surface area contributed by atoms with Gasteiger partial charge in [0.2, 0.25) is 0 Å². The van der Waals surface area contributed by atoms with E-state index in [1.807, 2.05) is 0 Å². The fourth-order valence-corrected chi connectivity index (χ4v) is 1.71. The van der Waals surface area contributed by atoms with E-state index in [-0.39, 0.29) is 5.76 Å². The van der Waals surface area contributed by atoms with Gasteiger partial charge in [0.05, 0.1) is 20.4 Å². The molecule has 0 aliphatic heterocycles. The van der Waals surface area contributed by atoms with Crippen LogP contribution < -0.4 is 14.9 Å². The van der Waals surface area contributed by atoms with E-state index >= 15 is 0 Å². The molecule has 6 heteroatoms. The average molecular weight is 288 g/mol. The zero-order valence-electron chi connectivity index (χ0n) is 12.0. The number of furan rings is 1. The first-order valence-electron chi connectivity index (χ1n) is 6.26. The summed E-state index contributed by atoms with van der Waals surface area (Å²) < 4.78 is 15.5. The molecule has 0 unspecified atom stereocenters. The van der Waals surface area contributed by atoms with Crippen molar-refractivity contribution in [2.75, 3.05) is 14.2 Å². The topological polar surface area (TPSA) is 73.1 Å². The lowest BCUT2D eigenvalue weighted by Crippen LogP contribution is -2.16. The summed E-state index contributed by atoms with van der Waals surface area (Å²) in [5.74, 6) is 1.76. The van der Waals surface area contributed by atoms with Gasteiger partial charge in [-0.05, 0) is 37.3 Å². The Labute approximate surface area is 122 Å². The fraction of sp³-hybridized carbons (Fsp3) is 0.200. The molecule has 2 aromatic rings. The van der Waals surface area contributed by atoms with Crippen LogP contribution in [0.25, 0.3) is 0 Å². The van der Waals surface area contributed by atoms with Gasteiger partial charge in [-0.2, -0.15) is 5.10 Å². The van der Waals surface area contributed by atoms with Gasteiger partial charge < -0.3 is 13.9 Å². The highest BCUT2D eigenvalue weighted by Crippen LogP contribution is 2.22. The maximum atomic E-state index is 11.8. The van der Waals surface area contributed by atoms with Gasteiger partial charge >= 0.3 is 5.91 Å². The van der Waals surface area contributed by atoms with Crippen LogP contribution in [0, 0.1) is 6.92 Å². The Morgan fingerprint density at radius 1 is 1.24 bits per heavy atom. The van der Waals surface area contributed by atoms with Crippen molar-refractivity contribution in [3.05, 3.63) is 47.4 Å². The molecule has 0 saturated heterocycles. The largest absolute Gasteiger partial charge is 0.497 e. The quantitative estimate of drug-likeness (QED) is 0.677. The molecule has 1 heterocycles. The van der Waals surface area contributed by atoms with E-state index < -0.39 is 5.91 Å². The van der Waals surface area contributed by atoms with Crippen molar-refractivity contribution in [2.24, 2.45) is 5.10 Å². The zero-order valence-corrected chi connectivity index (χ0v) is 12.0. The predicted octanol–water partition coefficient (Wildman–Crippen LogP) is 2.37. The molecule has 0 saturated carbocycles. The second kappa shape index (κ2) is 6.60. The van der Waals surface area contributed by atoms with Crippen LogP contribution in [0.3, 0.4) is 0 Å². The lowest BCUT2D eigenvalue weighted by atomic mass is 10.2. The smallest absolute Gasteiger partial charge is 0.307 e. The summed E-state index contributed by atoms with van der Waals surface area (Å²) >= 11 is 0. The third kappa shape index (κ3) is 3.62. The highest BCUT2D eigenvalue weighted by Gasteiger charge is 2.08. The van der Waals surface area contributed by atoms with E-state index in [1.54, 1.807) is 51.5 Å². The van der Waals surface area contributed by atoms with Crippen LogP contribution in [-0.2, 0) is 0 Å². The van der Waals surface area contributed by atoms with Crippen molar-refractivity contribution in [1.82, 2.24) is 5.43 Å². The van der Waals surface area contributed by atoms with Crippen LogP contribution in [-0.4, -0.2) is 26.3 Å². The molecule has 0 spiro atoms. The molecule has 110 valence electrons. The van der Waals surface area contributed by atoms with Crippen LogP contribution in [0.5, 0.6) is 11.5 Å². The molecule has 0 aliphatic rings. The molecule has 6 nitrogen and oxygen atoms in total. The molecule has 0 bridgehead atoms. The van der Waals surface area contributed by atoms with Gasteiger partial charge in [-0.15, -0.1) is 0 Å². The van der Waals surface area contributed by atoms with Crippen LogP contribution >= 0.6 is 0 Å². The van der Waals surface area contributed by atoms with Crippen LogP contribution in [0.15, 0.2) is 39.9 Å². The summed E-state index contributed by atoms with van der Waals surface area (Å²) in [6.45, 7) is 1.77. The Kier molecular flexibility index (Phi) is 4.61. The number of carbonyl (C=O) groups excluding carboxylic acids is 1. The standard InChI is InChI=1S/C15H16N2O4/c1-10-4-6-14(21-10)15(18)17-16-9-11-8-12(19-2)5-7-13(11)20-3/h4-9H,1-3H3,(H,17,18)/b16-9-. The van der Waals surface area contributed by atoms with Crippen molar-refractivity contribution in [2.45, 2.75) is 6.92 Å². The summed E-state index contributed by atoms with van der Waals surface area (Å²) in [5.41, 5.74) is 3.08. The van der Waals surface area contributed by atoms with Crippen LogP contribution in [0.4, 0.5) is 0 Å². The normalized spacial score (nSPS) is 10.6. The molecule has 1 N–H and O–H groups in total. The van der Waals surface area contributed by atoms with Crippen molar-refractivity contribution < 1.29 is 18.7 Å². The van der Waals surface area contributed by atoms with Gasteiger partial charge in [-0.1, -0.05) is 0 Å². The summed E-state index contributed by atoms with van der Waals surface area (Å²) in [4.78, 5) is 11.8. The molecular formula is C15H16N2O4. The van der Waals surface area contributed by atoms with E-state index in [1.165, 1.54) is 6.21 Å². The summed E-state index contributed by atoms with van der Waals surface area (Å²) in [6, 6.07) is 8.60. The first-order chi connectivity index (χ1) is 10.1. The van der Waals surface area contributed by atoms with Crippen LogP contribution in [0.1, 0.15) is 21.9 Å². The van der Waals surface area contributed by atoms with Gasteiger partial charge in [0.25, 0.3) is 0 Å². The average Bonchev–Trinajstić information content (AvgIpc) is 2.93. The number of methoxy groups -OCH3 is 2. The summed E-state index contributed by atoms with van der Waals surface area (Å²) in [6.07, 6.45) is 1.48. The van der Waals surface area contributed by atoms with Crippen molar-refractivity contribution in [3.63, 3.8) is 0 Å². The number of hydrazone groups is 1. The summed E-state index contributed by atoms with van der Waals surface area (Å²) in [7, 11) is 3.13. The molecule has 0 radical (unpaired) electrons. The van der Waals surface area contributed by atoms with E-state index in [9.17, 15) is 4.79 Å². The van der Waals surface area contributed by atoms with Gasteiger partial charge in [-0.25, -0.2) is 5.43 Å². The Morgan fingerprint density at radius 2 is 2.05 bits per heavy atom. The predicted molar refractivity (Wildman–Crippen MR) is 78.1 cm³/mol. The Hall–Kier alpha value is -2.76. The minimum Gasteiger partial charge on any atom is -0.497 e. The van der Waals surface area contributed by atoms with Crippen molar-refractivity contribution in [3.8, 4) is 11.5 Å². The fourth-order valence-electron chi connectivity index (χ4n) is 1.71. The summed E-state index contributed by atoms with van der Waals surface area (Å²) in [5, 5.41) is 3.89. The molecule has 1 amide bonds. The maximum absolute atomic E-state index is 11.8. The number of nitrogens with zero attached hydrogens (tertiary/aromatic N) is 1. The highest BCUT2D eigenvalue weighted by atomic mass is 16.5. The van der Waals surface area contributed by atoms with Gasteiger partial charge in [0.15, 0.2) is 5.76 Å². The number of rotatable bonds is 5. The van der Waals surface area contributed by atoms with E-state index in [2.05, 4.69) is 10.5 Å². The number of ether oxygens (including phenoxy) is 2. The van der Waals surface area contributed by atoms with E-state index in [0.717, 1.165) is 0 Å². The molecule has 1 aromatic heterocycles. The second-order valence-electron chi connectivity index (χ2n) is 4.22. The number of aryl methyl sites for hydroxylation is 1. The molecule has 0 fully saturated rings. The second-order valence-corrected chi connectivity index (χ2v) is 4.22. The zero-order chi connectivity index (χ0) is 15.2. The minimum absolute atomic E-state index is 0.210. The van der Waals surface area contributed by atoms with Crippen LogP contribution in [0.2, 0.25) is 0 Å². The Bertz CT molecular complexity index is 661. The molecule has 0 atom stereocenters. The number of amides is 1. The van der Waals surface area contributed by atoms with Gasteiger partial charge in [-0.3, -0.25) is 4.79 Å². The molecule has 2 rings (SSSR count). The highest BCUT2D eigenvalue weighted by molar-refractivity contribution is 5.92. The maximum Gasteiger partial charge on any atom is 0.307 e. The number of benzene rings is 1. The number of nitrogens with one attached hydrogen (secondary N) is 1. The number of hydrogen-bond acceptors (Lipinski definition) is 5. The Morgan fingerprint density at radius 3 is 2.67 bits per heavy atom. The van der Waals surface area contributed by atoms with Crippen molar-refractivity contribution in [1.29, 1.82) is 0 Å². The van der Waals surface area contributed by atoms with Gasteiger partial charge in [0, 0.05) is 5.56 Å². The molecular weight excluding hydrogens is 272 g/mol. The monoisotopic (exact) mass is 288 g/mol. The Balaban J connectivity index is 2.08. The first kappa shape index (κ1) is 14.6. The lowest BCUT2D eigenvalue weighted by Gasteiger charge is -2.06. The minimum atomic E-state index is -0.416. The third-order valence-electron chi connectivity index (χ3n) is 2.77. The third-order valence-corrected chi connectivity index (χ3v) is 2.77. The molecule has 21 heavy (non-hydrogen) atoms. The molecule has 0 aliphatic carbocycles. The number of carbonyl (C=O) groups is 1. The number of hydrogen-bond donors (Lipinski definition) is 1. The lowest BCUT2D eigenvalue weighted by molar-refractivity contribution is 0.0926. The molecule has 1 aromatic carbocycles. The van der Waals surface area contributed by atoms with E-state index in [0.29, 0.717) is 22.8 Å².